The SMILES string of the molecule is CCOc1cc(/C=C2\CCn3c2nc2ccc([N+](=O)[O-])cc2c3=O)cc(Cl)c1O. The minimum Gasteiger partial charge on any atom is -0.503 e. The quantitative estimate of drug-likeness (QED) is 0.511. The third-order valence-corrected chi connectivity index (χ3v) is 5.02. The van der Waals surface area contributed by atoms with Crippen molar-refractivity contribution in [1.29, 1.82) is 0 Å². The van der Waals surface area contributed by atoms with Crippen molar-refractivity contribution in [2.75, 3.05) is 6.61 Å². The number of nitro groups is 1. The molecule has 0 saturated carbocycles. The van der Waals surface area contributed by atoms with Gasteiger partial charge in [0.2, 0.25) is 0 Å². The van der Waals surface area contributed by atoms with E-state index in [-0.39, 0.29) is 33.2 Å². The zero-order valence-electron chi connectivity index (χ0n) is 15.4. The molecule has 2 heterocycles. The number of benzene rings is 2. The van der Waals surface area contributed by atoms with Gasteiger partial charge in [0.15, 0.2) is 11.5 Å². The van der Waals surface area contributed by atoms with E-state index in [1.807, 2.05) is 6.08 Å². The molecule has 0 amide bonds. The molecule has 9 heteroatoms. The Balaban J connectivity index is 1.83. The number of phenols is 1. The van der Waals surface area contributed by atoms with Gasteiger partial charge in [0, 0.05) is 18.7 Å². The van der Waals surface area contributed by atoms with Crippen molar-refractivity contribution >= 4 is 39.8 Å². The molecule has 0 spiro atoms. The van der Waals surface area contributed by atoms with E-state index >= 15 is 0 Å². The van der Waals surface area contributed by atoms with Crippen LogP contribution in [0.4, 0.5) is 5.69 Å². The summed E-state index contributed by atoms with van der Waals surface area (Å²) in [4.78, 5) is 27.8. The molecule has 0 saturated heterocycles. The van der Waals surface area contributed by atoms with Gasteiger partial charge in [-0.15, -0.1) is 0 Å². The average Bonchev–Trinajstić information content (AvgIpc) is 3.08. The van der Waals surface area contributed by atoms with Crippen molar-refractivity contribution in [2.45, 2.75) is 19.9 Å². The summed E-state index contributed by atoms with van der Waals surface area (Å²) in [7, 11) is 0. The third kappa shape index (κ3) is 3.31. The number of aromatic nitrogens is 2. The van der Waals surface area contributed by atoms with Crippen LogP contribution < -0.4 is 10.3 Å². The van der Waals surface area contributed by atoms with Crippen LogP contribution in [0.1, 0.15) is 24.7 Å². The van der Waals surface area contributed by atoms with Gasteiger partial charge in [0.1, 0.15) is 5.82 Å². The monoisotopic (exact) mass is 413 g/mol. The number of non-ortho nitro benzene ring substituents is 1. The maximum atomic E-state index is 12.8. The third-order valence-electron chi connectivity index (χ3n) is 4.73. The van der Waals surface area contributed by atoms with E-state index in [2.05, 4.69) is 4.98 Å². The number of phenolic OH excluding ortho intramolecular Hbond substituents is 1. The first-order chi connectivity index (χ1) is 13.9. The summed E-state index contributed by atoms with van der Waals surface area (Å²) in [6.07, 6.45) is 2.42. The van der Waals surface area contributed by atoms with Crippen molar-refractivity contribution < 1.29 is 14.8 Å². The molecule has 1 aromatic heterocycles. The summed E-state index contributed by atoms with van der Waals surface area (Å²) in [6.45, 7) is 2.61. The second-order valence-corrected chi connectivity index (χ2v) is 6.96. The van der Waals surface area contributed by atoms with E-state index < -0.39 is 4.92 Å². The Morgan fingerprint density at radius 2 is 2.17 bits per heavy atom. The number of allylic oxidation sites excluding steroid dienone is 1. The molecule has 0 atom stereocenters. The zero-order valence-corrected chi connectivity index (χ0v) is 16.1. The minimum absolute atomic E-state index is 0.121. The molecule has 29 heavy (non-hydrogen) atoms. The molecule has 1 N–H and O–H groups in total. The highest BCUT2D eigenvalue weighted by Crippen LogP contribution is 2.37. The van der Waals surface area contributed by atoms with Gasteiger partial charge in [0.25, 0.3) is 11.2 Å². The standard InChI is InChI=1S/C20H16ClN3O5/c1-2-29-17-9-11(8-15(21)18(17)25)7-12-5-6-23-19(12)22-16-4-3-13(24(27)28)10-14(16)20(23)26/h3-4,7-10,25H,2,5-6H2,1H3/b12-7+. The van der Waals surface area contributed by atoms with Crippen LogP contribution in [0, 0.1) is 10.1 Å². The summed E-state index contributed by atoms with van der Waals surface area (Å²) < 4.78 is 6.93. The normalized spacial score (nSPS) is 14.3. The van der Waals surface area contributed by atoms with E-state index in [9.17, 15) is 20.0 Å². The fraction of sp³-hybridized carbons (Fsp3) is 0.200. The van der Waals surface area contributed by atoms with Gasteiger partial charge in [-0.2, -0.15) is 0 Å². The number of fused-ring (bicyclic) bond motifs is 2. The Morgan fingerprint density at radius 3 is 2.90 bits per heavy atom. The van der Waals surface area contributed by atoms with Gasteiger partial charge >= 0.3 is 0 Å². The molecule has 0 aliphatic carbocycles. The second kappa shape index (κ2) is 7.21. The number of nitro benzene ring substituents is 1. The summed E-state index contributed by atoms with van der Waals surface area (Å²) in [5.41, 5.74) is 1.48. The Kier molecular flexibility index (Phi) is 4.71. The Hall–Kier alpha value is -3.39. The van der Waals surface area contributed by atoms with Crippen LogP contribution >= 0.6 is 11.6 Å². The second-order valence-electron chi connectivity index (χ2n) is 6.55. The van der Waals surface area contributed by atoms with Crippen LogP contribution in [0.25, 0.3) is 22.6 Å². The molecule has 2 aromatic carbocycles. The van der Waals surface area contributed by atoms with Crippen molar-refractivity contribution in [3.8, 4) is 11.5 Å². The highest BCUT2D eigenvalue weighted by atomic mass is 35.5. The molecule has 4 rings (SSSR count). The number of hydrogen-bond donors (Lipinski definition) is 1. The molecular formula is C20H16ClN3O5. The first kappa shape index (κ1) is 18.9. The van der Waals surface area contributed by atoms with Crippen molar-refractivity contribution in [3.05, 3.63) is 67.2 Å². The fourth-order valence-electron chi connectivity index (χ4n) is 3.40. The predicted octanol–water partition coefficient (Wildman–Crippen LogP) is 4.01. The number of nitrogens with zero attached hydrogens (tertiary/aromatic N) is 3. The van der Waals surface area contributed by atoms with Crippen LogP contribution in [-0.2, 0) is 6.54 Å². The zero-order chi connectivity index (χ0) is 20.7. The van der Waals surface area contributed by atoms with E-state index in [4.69, 9.17) is 16.3 Å². The van der Waals surface area contributed by atoms with Gasteiger partial charge in [0.05, 0.1) is 27.5 Å². The molecule has 148 valence electrons. The van der Waals surface area contributed by atoms with Crippen molar-refractivity contribution in [2.24, 2.45) is 0 Å². The number of halogens is 1. The lowest BCUT2D eigenvalue weighted by molar-refractivity contribution is -0.384. The number of rotatable bonds is 4. The Bertz CT molecular complexity index is 1250. The van der Waals surface area contributed by atoms with E-state index in [1.165, 1.54) is 22.8 Å². The largest absolute Gasteiger partial charge is 0.503 e. The van der Waals surface area contributed by atoms with Crippen LogP contribution in [-0.4, -0.2) is 26.2 Å². The maximum Gasteiger partial charge on any atom is 0.270 e. The Morgan fingerprint density at radius 1 is 1.38 bits per heavy atom. The highest BCUT2D eigenvalue weighted by Gasteiger charge is 2.22. The molecule has 8 nitrogen and oxygen atoms in total. The van der Waals surface area contributed by atoms with Gasteiger partial charge in [-0.05, 0) is 48.8 Å². The molecule has 0 bridgehead atoms. The van der Waals surface area contributed by atoms with Gasteiger partial charge < -0.3 is 9.84 Å². The molecule has 0 unspecified atom stereocenters. The summed E-state index contributed by atoms with van der Waals surface area (Å²) in [6, 6.07) is 7.35. The smallest absolute Gasteiger partial charge is 0.270 e. The van der Waals surface area contributed by atoms with Gasteiger partial charge in [-0.1, -0.05) is 11.6 Å². The first-order valence-corrected chi connectivity index (χ1v) is 9.32. The molecule has 0 fully saturated rings. The van der Waals surface area contributed by atoms with E-state index in [0.717, 1.165) is 5.57 Å². The van der Waals surface area contributed by atoms with Crippen LogP contribution in [0.3, 0.4) is 0 Å². The summed E-state index contributed by atoms with van der Waals surface area (Å²) in [5.74, 6) is 0.670. The maximum absolute atomic E-state index is 12.8. The van der Waals surface area contributed by atoms with Crippen molar-refractivity contribution in [1.82, 2.24) is 9.55 Å². The average molecular weight is 414 g/mol. The van der Waals surface area contributed by atoms with E-state index in [1.54, 1.807) is 19.1 Å². The summed E-state index contributed by atoms with van der Waals surface area (Å²) >= 11 is 6.10. The van der Waals surface area contributed by atoms with Gasteiger partial charge in [-0.3, -0.25) is 19.5 Å². The molecule has 3 aromatic rings. The molecule has 1 aliphatic heterocycles. The van der Waals surface area contributed by atoms with Crippen LogP contribution in [0.5, 0.6) is 11.5 Å². The molecule has 0 radical (unpaired) electrons. The van der Waals surface area contributed by atoms with E-state index in [0.29, 0.717) is 36.5 Å². The highest BCUT2D eigenvalue weighted by molar-refractivity contribution is 6.32. The van der Waals surface area contributed by atoms with Crippen molar-refractivity contribution in [3.63, 3.8) is 0 Å². The van der Waals surface area contributed by atoms with Crippen LogP contribution in [0.15, 0.2) is 35.1 Å². The fourth-order valence-corrected chi connectivity index (χ4v) is 3.62. The lowest BCUT2D eigenvalue weighted by atomic mass is 10.1. The topological polar surface area (TPSA) is 107 Å². The lowest BCUT2D eigenvalue weighted by Crippen LogP contribution is -2.20. The number of hydrogen-bond acceptors (Lipinski definition) is 6. The molecular weight excluding hydrogens is 398 g/mol. The van der Waals surface area contributed by atoms with Crippen LogP contribution in [0.2, 0.25) is 5.02 Å². The van der Waals surface area contributed by atoms with Gasteiger partial charge in [-0.25, -0.2) is 4.98 Å². The lowest BCUT2D eigenvalue weighted by Gasteiger charge is -2.09. The number of ether oxygens (including phenoxy) is 1. The minimum atomic E-state index is -0.535. The Labute approximate surface area is 169 Å². The first-order valence-electron chi connectivity index (χ1n) is 8.94. The number of aromatic hydroxyl groups is 1. The summed E-state index contributed by atoms with van der Waals surface area (Å²) in [5, 5.41) is 21.4. The predicted molar refractivity (Wildman–Crippen MR) is 109 cm³/mol. The molecule has 1 aliphatic rings.